The number of halogens is 1. The molecule has 0 aliphatic carbocycles. The number of aromatic nitrogens is 3. The smallest absolute Gasteiger partial charge is 0.256 e. The number of benzene rings is 1. The van der Waals surface area contributed by atoms with Crippen LogP contribution in [0.25, 0.3) is 0 Å². The predicted molar refractivity (Wildman–Crippen MR) is 133 cm³/mol. The van der Waals surface area contributed by atoms with E-state index in [0.717, 1.165) is 30.8 Å². The van der Waals surface area contributed by atoms with Gasteiger partial charge in [-0.1, -0.05) is 6.07 Å². The van der Waals surface area contributed by atoms with E-state index in [9.17, 15) is 9.18 Å². The molecule has 4 rings (SSSR count). The zero-order valence-corrected chi connectivity index (χ0v) is 19.9. The monoisotopic (exact) mass is 463 g/mol. The normalized spacial score (nSPS) is 13.1. The molecule has 0 spiro atoms. The van der Waals surface area contributed by atoms with Crippen LogP contribution in [0, 0.1) is 0 Å². The summed E-state index contributed by atoms with van der Waals surface area (Å²) < 4.78 is 14.4. The van der Waals surface area contributed by atoms with Gasteiger partial charge in [0, 0.05) is 42.0 Å². The molecule has 0 bridgehead atoms. The van der Waals surface area contributed by atoms with Gasteiger partial charge in [-0.05, 0) is 70.4 Å². The van der Waals surface area contributed by atoms with Crippen molar-refractivity contribution >= 4 is 34.7 Å². The molecule has 4 N–H and O–H groups in total. The van der Waals surface area contributed by atoms with Crippen LogP contribution in [-0.2, 0) is 12.1 Å². The minimum absolute atomic E-state index is 0.0546. The molecule has 0 atom stereocenters. The SMILES string of the molecule is CC(C)NC(=O)c1cnc(Nc2ccc3c(c2)NCCC3)nc1Nc1ccnc(C(C)(C)F)c1. The average molecular weight is 464 g/mol. The minimum atomic E-state index is -1.60. The van der Waals surface area contributed by atoms with Crippen molar-refractivity contribution in [3.8, 4) is 0 Å². The number of carbonyl (C=O) groups is 1. The summed E-state index contributed by atoms with van der Waals surface area (Å²) in [6, 6.07) is 9.35. The molecular formula is C25H30FN7O. The Balaban J connectivity index is 1.65. The molecule has 8 nitrogen and oxygen atoms in total. The second-order valence-electron chi connectivity index (χ2n) is 9.14. The van der Waals surface area contributed by atoms with Crippen LogP contribution < -0.4 is 21.3 Å². The highest BCUT2D eigenvalue weighted by Crippen LogP contribution is 2.29. The number of hydrogen-bond donors (Lipinski definition) is 4. The van der Waals surface area contributed by atoms with Crippen molar-refractivity contribution in [1.29, 1.82) is 0 Å². The van der Waals surface area contributed by atoms with Gasteiger partial charge in [0.1, 0.15) is 17.1 Å². The van der Waals surface area contributed by atoms with Crippen molar-refractivity contribution in [3.05, 3.63) is 59.5 Å². The number of rotatable bonds is 7. The quantitative estimate of drug-likeness (QED) is 0.388. The number of anilines is 5. The first-order valence-corrected chi connectivity index (χ1v) is 11.4. The van der Waals surface area contributed by atoms with Crippen molar-refractivity contribution in [2.24, 2.45) is 0 Å². The van der Waals surface area contributed by atoms with E-state index in [4.69, 9.17) is 0 Å². The third-order valence-electron chi connectivity index (χ3n) is 5.39. The third-order valence-corrected chi connectivity index (χ3v) is 5.39. The molecule has 1 aromatic carbocycles. The van der Waals surface area contributed by atoms with Gasteiger partial charge < -0.3 is 21.3 Å². The van der Waals surface area contributed by atoms with E-state index < -0.39 is 5.67 Å². The van der Waals surface area contributed by atoms with Crippen LogP contribution in [0.1, 0.15) is 55.7 Å². The first-order chi connectivity index (χ1) is 16.2. The van der Waals surface area contributed by atoms with E-state index in [1.54, 1.807) is 12.1 Å². The number of nitrogens with one attached hydrogen (secondary N) is 4. The summed E-state index contributed by atoms with van der Waals surface area (Å²) in [5, 5.41) is 12.6. The zero-order chi connectivity index (χ0) is 24.3. The molecule has 3 heterocycles. The minimum Gasteiger partial charge on any atom is -0.385 e. The Labute approximate surface area is 198 Å². The van der Waals surface area contributed by atoms with Crippen molar-refractivity contribution in [2.45, 2.75) is 52.2 Å². The fourth-order valence-corrected chi connectivity index (χ4v) is 3.68. The summed E-state index contributed by atoms with van der Waals surface area (Å²) in [4.78, 5) is 25.8. The Hall–Kier alpha value is -3.75. The molecule has 2 aromatic heterocycles. The van der Waals surface area contributed by atoms with Gasteiger partial charge >= 0.3 is 0 Å². The molecule has 3 aromatic rings. The number of pyridine rings is 1. The number of aryl methyl sites for hydroxylation is 1. The Morgan fingerprint density at radius 1 is 1.12 bits per heavy atom. The Kier molecular flexibility index (Phi) is 6.63. The molecule has 9 heteroatoms. The van der Waals surface area contributed by atoms with Gasteiger partial charge in [0.05, 0.1) is 5.69 Å². The fourth-order valence-electron chi connectivity index (χ4n) is 3.68. The van der Waals surface area contributed by atoms with Crippen molar-refractivity contribution < 1.29 is 9.18 Å². The lowest BCUT2D eigenvalue weighted by atomic mass is 10.0. The molecule has 1 aliphatic heterocycles. The van der Waals surface area contributed by atoms with Gasteiger partial charge in [-0.25, -0.2) is 9.37 Å². The number of fused-ring (bicyclic) bond motifs is 1. The van der Waals surface area contributed by atoms with Crippen LogP contribution in [0.3, 0.4) is 0 Å². The second-order valence-corrected chi connectivity index (χ2v) is 9.14. The van der Waals surface area contributed by atoms with Gasteiger partial charge in [0.25, 0.3) is 5.91 Å². The van der Waals surface area contributed by atoms with Crippen LogP contribution in [-0.4, -0.2) is 33.4 Å². The number of alkyl halides is 1. The lowest BCUT2D eigenvalue weighted by molar-refractivity contribution is 0.0943. The van der Waals surface area contributed by atoms with Crippen molar-refractivity contribution in [1.82, 2.24) is 20.3 Å². The highest BCUT2D eigenvalue weighted by Gasteiger charge is 2.22. The number of amides is 1. The van der Waals surface area contributed by atoms with Crippen molar-refractivity contribution in [3.63, 3.8) is 0 Å². The maximum Gasteiger partial charge on any atom is 0.256 e. The van der Waals surface area contributed by atoms with Crippen LogP contribution in [0.15, 0.2) is 42.7 Å². The van der Waals surface area contributed by atoms with Crippen LogP contribution in [0.2, 0.25) is 0 Å². The lowest BCUT2D eigenvalue weighted by Gasteiger charge is -2.19. The van der Waals surface area contributed by atoms with E-state index in [1.807, 2.05) is 26.0 Å². The van der Waals surface area contributed by atoms with Gasteiger partial charge in [-0.15, -0.1) is 0 Å². The summed E-state index contributed by atoms with van der Waals surface area (Å²) in [7, 11) is 0. The van der Waals surface area contributed by atoms with Gasteiger partial charge in [-0.3, -0.25) is 9.78 Å². The molecule has 1 aliphatic rings. The average Bonchev–Trinajstić information content (AvgIpc) is 2.78. The summed E-state index contributed by atoms with van der Waals surface area (Å²) in [6.07, 6.45) is 5.17. The highest BCUT2D eigenvalue weighted by molar-refractivity contribution is 5.99. The van der Waals surface area contributed by atoms with Crippen molar-refractivity contribution in [2.75, 3.05) is 22.5 Å². The summed E-state index contributed by atoms with van der Waals surface area (Å²) in [5.41, 5.74) is 2.74. The first-order valence-electron chi connectivity index (χ1n) is 11.4. The Morgan fingerprint density at radius 3 is 2.68 bits per heavy atom. The van der Waals surface area contributed by atoms with Gasteiger partial charge in [0.2, 0.25) is 5.95 Å². The molecule has 0 saturated carbocycles. The molecular weight excluding hydrogens is 433 g/mol. The van der Waals surface area contributed by atoms with Crippen LogP contribution in [0.5, 0.6) is 0 Å². The number of carbonyl (C=O) groups excluding carboxylic acids is 1. The summed E-state index contributed by atoms with van der Waals surface area (Å²) in [6.45, 7) is 7.60. The largest absolute Gasteiger partial charge is 0.385 e. The molecule has 0 radical (unpaired) electrons. The third kappa shape index (κ3) is 5.59. The molecule has 0 saturated heterocycles. The van der Waals surface area contributed by atoms with E-state index in [0.29, 0.717) is 17.5 Å². The Morgan fingerprint density at radius 2 is 1.91 bits per heavy atom. The maximum absolute atomic E-state index is 14.4. The second kappa shape index (κ2) is 9.62. The fraction of sp³-hybridized carbons (Fsp3) is 0.360. The first kappa shape index (κ1) is 23.4. The number of nitrogens with zero attached hydrogens (tertiary/aromatic N) is 3. The molecule has 178 valence electrons. The van der Waals surface area contributed by atoms with Crippen LogP contribution in [0.4, 0.5) is 33.2 Å². The molecule has 1 amide bonds. The molecule has 34 heavy (non-hydrogen) atoms. The molecule has 0 fully saturated rings. The Bertz CT molecular complexity index is 1190. The van der Waals surface area contributed by atoms with E-state index in [2.05, 4.69) is 42.3 Å². The highest BCUT2D eigenvalue weighted by atomic mass is 19.1. The molecule has 0 unspecified atom stereocenters. The van der Waals surface area contributed by atoms with E-state index in [-0.39, 0.29) is 23.2 Å². The van der Waals surface area contributed by atoms with Crippen LogP contribution >= 0.6 is 0 Å². The topological polar surface area (TPSA) is 104 Å². The van der Waals surface area contributed by atoms with Gasteiger partial charge in [-0.2, -0.15) is 4.98 Å². The van der Waals surface area contributed by atoms with E-state index >= 15 is 0 Å². The lowest BCUT2D eigenvalue weighted by Crippen LogP contribution is -2.31. The number of hydrogen-bond acceptors (Lipinski definition) is 7. The zero-order valence-electron chi connectivity index (χ0n) is 19.9. The van der Waals surface area contributed by atoms with E-state index in [1.165, 1.54) is 31.8 Å². The summed E-state index contributed by atoms with van der Waals surface area (Å²) in [5.74, 6) is 0.335. The maximum atomic E-state index is 14.4. The predicted octanol–water partition coefficient (Wildman–Crippen LogP) is 5.06. The summed E-state index contributed by atoms with van der Waals surface area (Å²) >= 11 is 0. The standard InChI is InChI=1S/C25H30FN7O/c1-15(2)30-23(34)19-14-29-24(32-17-8-7-16-6-5-10-27-20(16)12-17)33-22(19)31-18-9-11-28-21(13-18)25(3,4)26/h7-9,11-15,27H,5-6,10H2,1-4H3,(H,30,34)(H2,28,29,31,32,33). The van der Waals surface area contributed by atoms with Gasteiger partial charge in [0.15, 0.2) is 0 Å².